The lowest BCUT2D eigenvalue weighted by molar-refractivity contribution is 0.423. The van der Waals surface area contributed by atoms with E-state index >= 15 is 0 Å². The number of hydrogen-bond donors (Lipinski definition) is 2. The van der Waals surface area contributed by atoms with Crippen molar-refractivity contribution in [2.45, 2.75) is 46.2 Å². The van der Waals surface area contributed by atoms with E-state index in [9.17, 15) is 0 Å². The second-order valence-electron chi connectivity index (χ2n) is 4.40. The fourth-order valence-electron chi connectivity index (χ4n) is 1.75. The average molecular weight is 210 g/mol. The summed E-state index contributed by atoms with van der Waals surface area (Å²) in [6.45, 7) is 7.42. The van der Waals surface area contributed by atoms with Gasteiger partial charge in [0, 0.05) is 18.8 Å². The van der Waals surface area contributed by atoms with Crippen LogP contribution in [0.3, 0.4) is 0 Å². The van der Waals surface area contributed by atoms with Crippen LogP contribution in [0.25, 0.3) is 0 Å². The van der Waals surface area contributed by atoms with E-state index in [0.29, 0.717) is 12.0 Å². The Kier molecular flexibility index (Phi) is 4.78. The fraction of sp³-hybridized carbons (Fsp3) is 0.727. The Morgan fingerprint density at radius 1 is 1.53 bits per heavy atom. The normalized spacial score (nSPS) is 13.4. The average Bonchev–Trinajstić information content (AvgIpc) is 2.64. The molecule has 1 atom stereocenters. The summed E-state index contributed by atoms with van der Waals surface area (Å²) in [6.07, 6.45) is 6.06. The molecular formula is C11H22N4. The molecule has 1 aromatic heterocycles. The van der Waals surface area contributed by atoms with Crippen LogP contribution in [0.5, 0.6) is 0 Å². The number of aromatic nitrogens is 2. The molecule has 0 spiro atoms. The molecule has 15 heavy (non-hydrogen) atoms. The number of rotatable bonds is 6. The molecule has 1 aromatic rings. The first-order valence-corrected chi connectivity index (χ1v) is 5.63. The highest BCUT2D eigenvalue weighted by Crippen LogP contribution is 2.09. The first kappa shape index (κ1) is 12.2. The number of hydrazine groups is 1. The summed E-state index contributed by atoms with van der Waals surface area (Å²) < 4.78 is 1.94. The van der Waals surface area contributed by atoms with Crippen molar-refractivity contribution in [1.29, 1.82) is 0 Å². The molecule has 1 rings (SSSR count). The minimum Gasteiger partial charge on any atom is -0.273 e. The largest absolute Gasteiger partial charge is 0.273 e. The molecule has 0 aliphatic carbocycles. The van der Waals surface area contributed by atoms with Crippen molar-refractivity contribution in [2.75, 3.05) is 0 Å². The van der Waals surface area contributed by atoms with Crippen molar-refractivity contribution in [3.05, 3.63) is 18.0 Å². The van der Waals surface area contributed by atoms with Gasteiger partial charge in [0.2, 0.25) is 0 Å². The summed E-state index contributed by atoms with van der Waals surface area (Å²) in [5.74, 6) is 6.19. The van der Waals surface area contributed by atoms with Gasteiger partial charge in [-0.2, -0.15) is 5.10 Å². The minimum atomic E-state index is 0.347. The van der Waals surface area contributed by atoms with Gasteiger partial charge in [0.25, 0.3) is 0 Å². The maximum atomic E-state index is 5.53. The lowest BCUT2D eigenvalue weighted by Crippen LogP contribution is -2.37. The monoisotopic (exact) mass is 210 g/mol. The van der Waals surface area contributed by atoms with Gasteiger partial charge in [0.15, 0.2) is 0 Å². The van der Waals surface area contributed by atoms with Crippen LogP contribution in [0.1, 0.15) is 32.8 Å². The van der Waals surface area contributed by atoms with E-state index in [4.69, 9.17) is 5.84 Å². The molecule has 0 aliphatic heterocycles. The van der Waals surface area contributed by atoms with Gasteiger partial charge in [-0.05, 0) is 31.2 Å². The smallest absolute Gasteiger partial charge is 0.0522 e. The van der Waals surface area contributed by atoms with E-state index in [1.807, 2.05) is 10.9 Å². The number of aryl methyl sites for hydroxylation is 1. The summed E-state index contributed by atoms with van der Waals surface area (Å²) in [6, 6.07) is 0.347. The van der Waals surface area contributed by atoms with E-state index < -0.39 is 0 Å². The zero-order chi connectivity index (χ0) is 11.3. The van der Waals surface area contributed by atoms with E-state index in [0.717, 1.165) is 19.4 Å². The maximum absolute atomic E-state index is 5.53. The van der Waals surface area contributed by atoms with E-state index in [2.05, 4.69) is 37.5 Å². The number of nitrogens with one attached hydrogen (secondary N) is 1. The van der Waals surface area contributed by atoms with Crippen molar-refractivity contribution >= 4 is 0 Å². The molecule has 0 aliphatic rings. The van der Waals surface area contributed by atoms with Crippen LogP contribution in [-0.4, -0.2) is 15.8 Å². The third-order valence-corrected chi connectivity index (χ3v) is 2.48. The van der Waals surface area contributed by atoms with Crippen LogP contribution in [0, 0.1) is 5.92 Å². The number of hydrogen-bond acceptors (Lipinski definition) is 3. The third kappa shape index (κ3) is 4.01. The van der Waals surface area contributed by atoms with Crippen molar-refractivity contribution in [3.63, 3.8) is 0 Å². The highest BCUT2D eigenvalue weighted by Gasteiger charge is 2.10. The van der Waals surface area contributed by atoms with Crippen LogP contribution in [-0.2, 0) is 13.0 Å². The second-order valence-corrected chi connectivity index (χ2v) is 4.40. The molecule has 4 heteroatoms. The van der Waals surface area contributed by atoms with Gasteiger partial charge in [-0.1, -0.05) is 13.8 Å². The van der Waals surface area contributed by atoms with Gasteiger partial charge in [-0.3, -0.25) is 16.0 Å². The highest BCUT2D eigenvalue weighted by atomic mass is 15.3. The Balaban J connectivity index is 2.50. The molecule has 1 heterocycles. The van der Waals surface area contributed by atoms with Crippen molar-refractivity contribution in [2.24, 2.45) is 11.8 Å². The summed E-state index contributed by atoms with van der Waals surface area (Å²) in [4.78, 5) is 0. The molecular weight excluding hydrogens is 188 g/mol. The van der Waals surface area contributed by atoms with E-state index in [-0.39, 0.29) is 0 Å². The van der Waals surface area contributed by atoms with Gasteiger partial charge < -0.3 is 0 Å². The summed E-state index contributed by atoms with van der Waals surface area (Å²) in [5, 5.41) is 4.25. The molecule has 1 unspecified atom stereocenters. The first-order valence-electron chi connectivity index (χ1n) is 5.63. The van der Waals surface area contributed by atoms with E-state index in [1.54, 1.807) is 0 Å². The van der Waals surface area contributed by atoms with Gasteiger partial charge in [-0.25, -0.2) is 0 Å². The highest BCUT2D eigenvalue weighted by molar-refractivity contribution is 5.06. The van der Waals surface area contributed by atoms with Gasteiger partial charge in [0.05, 0.1) is 6.20 Å². The van der Waals surface area contributed by atoms with Crippen molar-refractivity contribution < 1.29 is 0 Å². The number of nitrogens with two attached hydrogens (primary N) is 1. The fourth-order valence-corrected chi connectivity index (χ4v) is 1.75. The van der Waals surface area contributed by atoms with Crippen LogP contribution in [0.4, 0.5) is 0 Å². The molecule has 0 saturated carbocycles. The van der Waals surface area contributed by atoms with Crippen molar-refractivity contribution in [3.8, 4) is 0 Å². The predicted octanol–water partition coefficient (Wildman–Crippen LogP) is 1.32. The Bertz CT molecular complexity index is 280. The van der Waals surface area contributed by atoms with Gasteiger partial charge in [0.1, 0.15) is 0 Å². The lowest BCUT2D eigenvalue weighted by Gasteiger charge is -2.16. The summed E-state index contributed by atoms with van der Waals surface area (Å²) in [5.41, 5.74) is 4.12. The van der Waals surface area contributed by atoms with E-state index in [1.165, 1.54) is 5.56 Å². The minimum absolute atomic E-state index is 0.347. The molecule has 86 valence electrons. The molecule has 3 N–H and O–H groups in total. The third-order valence-electron chi connectivity index (χ3n) is 2.48. The first-order chi connectivity index (χ1) is 7.15. The van der Waals surface area contributed by atoms with Gasteiger partial charge >= 0.3 is 0 Å². The van der Waals surface area contributed by atoms with Gasteiger partial charge in [-0.15, -0.1) is 0 Å². The second kappa shape index (κ2) is 5.88. The predicted molar refractivity (Wildman–Crippen MR) is 62.2 cm³/mol. The maximum Gasteiger partial charge on any atom is 0.0522 e. The van der Waals surface area contributed by atoms with Crippen LogP contribution >= 0.6 is 0 Å². The van der Waals surface area contributed by atoms with Crippen LogP contribution in [0.15, 0.2) is 12.4 Å². The van der Waals surface area contributed by atoms with Crippen LogP contribution in [0.2, 0.25) is 0 Å². The molecule has 4 nitrogen and oxygen atoms in total. The Morgan fingerprint density at radius 3 is 2.73 bits per heavy atom. The molecule has 0 bridgehead atoms. The van der Waals surface area contributed by atoms with Crippen molar-refractivity contribution in [1.82, 2.24) is 15.2 Å². The van der Waals surface area contributed by atoms with Crippen LogP contribution < -0.4 is 11.3 Å². The zero-order valence-corrected chi connectivity index (χ0v) is 9.90. The summed E-state index contributed by atoms with van der Waals surface area (Å²) >= 11 is 0. The lowest BCUT2D eigenvalue weighted by atomic mass is 9.99. The Hall–Kier alpha value is -0.870. The topological polar surface area (TPSA) is 55.9 Å². The summed E-state index contributed by atoms with van der Waals surface area (Å²) in [7, 11) is 0. The zero-order valence-electron chi connectivity index (χ0n) is 9.90. The molecule has 0 saturated heterocycles. The Labute approximate surface area is 91.8 Å². The molecule has 0 amide bonds. The Morgan fingerprint density at radius 2 is 2.27 bits per heavy atom. The standard InChI is InChI=1S/C11H22N4/c1-4-15-8-10(7-13-15)6-11(14-12)5-9(2)3/h7-9,11,14H,4-6,12H2,1-3H3. The molecule has 0 fully saturated rings. The number of nitrogens with zero attached hydrogens (tertiary/aromatic N) is 2. The SMILES string of the molecule is CCn1cc(CC(CC(C)C)NN)cn1. The quantitative estimate of drug-likeness (QED) is 0.550. The molecule has 0 aromatic carbocycles. The molecule has 0 radical (unpaired) electrons.